The van der Waals surface area contributed by atoms with E-state index in [9.17, 15) is 13.2 Å². The first-order valence-electron chi connectivity index (χ1n) is 7.56. The molecule has 0 aromatic heterocycles. The fraction of sp³-hybridized carbons (Fsp3) is 0.533. The van der Waals surface area contributed by atoms with E-state index in [1.54, 1.807) is 30.9 Å². The Hall–Kier alpha value is -1.60. The summed E-state index contributed by atoms with van der Waals surface area (Å²) in [4.78, 5) is 13.8. The van der Waals surface area contributed by atoms with Crippen molar-refractivity contribution in [2.24, 2.45) is 0 Å². The summed E-state index contributed by atoms with van der Waals surface area (Å²) < 4.78 is 26.1. The van der Waals surface area contributed by atoms with Gasteiger partial charge in [-0.25, -0.2) is 13.2 Å². The molecule has 0 fully saturated rings. The number of amides is 2. The number of hydrogen-bond acceptors (Lipinski definition) is 3. The van der Waals surface area contributed by atoms with Crippen LogP contribution in [0.2, 0.25) is 0 Å². The molecule has 0 spiro atoms. The van der Waals surface area contributed by atoms with Crippen LogP contribution in [0, 0.1) is 0 Å². The van der Waals surface area contributed by atoms with Crippen molar-refractivity contribution in [1.29, 1.82) is 0 Å². The van der Waals surface area contributed by atoms with Gasteiger partial charge in [0.05, 0.1) is 4.90 Å². The molecule has 22 heavy (non-hydrogen) atoms. The largest absolute Gasteiger partial charge is 0.325 e. The number of nitrogens with one attached hydrogen (secondary N) is 1. The maximum absolute atomic E-state index is 12.4. The first-order chi connectivity index (χ1) is 10.4. The Labute approximate surface area is 133 Å². The molecule has 0 aliphatic rings. The van der Waals surface area contributed by atoms with Crippen molar-refractivity contribution in [2.75, 3.05) is 31.5 Å². The minimum atomic E-state index is -3.46. The van der Waals surface area contributed by atoms with Crippen LogP contribution in [0.1, 0.15) is 27.7 Å². The summed E-state index contributed by atoms with van der Waals surface area (Å²) in [5, 5.41) is 2.76. The second-order valence-electron chi connectivity index (χ2n) is 4.72. The highest BCUT2D eigenvalue weighted by Crippen LogP contribution is 2.18. The van der Waals surface area contributed by atoms with Gasteiger partial charge in [-0.1, -0.05) is 13.8 Å². The van der Waals surface area contributed by atoms with Gasteiger partial charge in [-0.05, 0) is 38.1 Å². The number of sulfonamides is 1. The van der Waals surface area contributed by atoms with Crippen molar-refractivity contribution in [3.05, 3.63) is 24.3 Å². The zero-order valence-corrected chi connectivity index (χ0v) is 14.5. The minimum Gasteiger partial charge on any atom is -0.325 e. The summed E-state index contributed by atoms with van der Waals surface area (Å²) in [6.45, 7) is 9.52. The van der Waals surface area contributed by atoms with E-state index in [1.807, 2.05) is 13.8 Å². The molecule has 1 rings (SSSR count). The highest BCUT2D eigenvalue weighted by Gasteiger charge is 2.21. The fourth-order valence-corrected chi connectivity index (χ4v) is 3.59. The molecule has 0 saturated heterocycles. The molecule has 1 aromatic carbocycles. The maximum atomic E-state index is 12.4. The number of anilines is 1. The van der Waals surface area contributed by atoms with Crippen molar-refractivity contribution in [2.45, 2.75) is 32.6 Å². The monoisotopic (exact) mass is 327 g/mol. The number of benzene rings is 1. The van der Waals surface area contributed by atoms with Crippen LogP contribution in [0.15, 0.2) is 29.2 Å². The number of carbonyl (C=O) groups is 1. The van der Waals surface area contributed by atoms with Crippen LogP contribution in [0.3, 0.4) is 0 Å². The van der Waals surface area contributed by atoms with E-state index in [2.05, 4.69) is 5.32 Å². The van der Waals surface area contributed by atoms with Gasteiger partial charge in [0.15, 0.2) is 0 Å². The van der Waals surface area contributed by atoms with Gasteiger partial charge in [0.25, 0.3) is 0 Å². The number of nitrogens with zero attached hydrogens (tertiary/aromatic N) is 2. The van der Waals surface area contributed by atoms with Gasteiger partial charge in [-0.2, -0.15) is 4.31 Å². The molecule has 0 heterocycles. The van der Waals surface area contributed by atoms with E-state index in [-0.39, 0.29) is 10.9 Å². The first kappa shape index (κ1) is 18.4. The number of urea groups is 1. The van der Waals surface area contributed by atoms with Crippen LogP contribution in [0.5, 0.6) is 0 Å². The Morgan fingerprint density at radius 3 is 1.86 bits per heavy atom. The Morgan fingerprint density at radius 1 is 0.955 bits per heavy atom. The smallest absolute Gasteiger partial charge is 0.321 e. The van der Waals surface area contributed by atoms with Crippen LogP contribution in [0.4, 0.5) is 10.5 Å². The van der Waals surface area contributed by atoms with E-state index in [4.69, 9.17) is 0 Å². The van der Waals surface area contributed by atoms with Gasteiger partial charge >= 0.3 is 6.03 Å². The van der Waals surface area contributed by atoms with Gasteiger partial charge in [-0.3, -0.25) is 0 Å². The summed E-state index contributed by atoms with van der Waals surface area (Å²) in [6, 6.07) is 6.07. The van der Waals surface area contributed by atoms with Crippen molar-refractivity contribution in [1.82, 2.24) is 9.21 Å². The van der Waals surface area contributed by atoms with Gasteiger partial charge < -0.3 is 10.2 Å². The van der Waals surface area contributed by atoms with E-state index >= 15 is 0 Å². The molecule has 0 aliphatic heterocycles. The van der Waals surface area contributed by atoms with Gasteiger partial charge in [-0.15, -0.1) is 0 Å². The van der Waals surface area contributed by atoms with Crippen molar-refractivity contribution < 1.29 is 13.2 Å². The second kappa shape index (κ2) is 8.14. The molecular weight excluding hydrogens is 302 g/mol. The lowest BCUT2D eigenvalue weighted by atomic mass is 10.3. The zero-order valence-electron chi connectivity index (χ0n) is 13.7. The zero-order chi connectivity index (χ0) is 16.8. The summed E-state index contributed by atoms with van der Waals surface area (Å²) >= 11 is 0. The lowest BCUT2D eigenvalue weighted by molar-refractivity contribution is 0.217. The van der Waals surface area contributed by atoms with Crippen molar-refractivity contribution in [3.8, 4) is 0 Å². The number of carbonyl (C=O) groups excluding carboxylic acids is 1. The average molecular weight is 327 g/mol. The number of rotatable bonds is 7. The van der Waals surface area contributed by atoms with E-state index < -0.39 is 10.0 Å². The van der Waals surface area contributed by atoms with Gasteiger partial charge in [0.1, 0.15) is 0 Å². The molecule has 0 saturated carbocycles. The molecule has 6 nitrogen and oxygen atoms in total. The topological polar surface area (TPSA) is 69.7 Å². The van der Waals surface area contributed by atoms with Gasteiger partial charge in [0, 0.05) is 31.9 Å². The lowest BCUT2D eigenvalue weighted by Crippen LogP contribution is -2.34. The first-order valence-corrected chi connectivity index (χ1v) is 9.00. The third kappa shape index (κ3) is 4.20. The highest BCUT2D eigenvalue weighted by molar-refractivity contribution is 7.89. The molecule has 0 atom stereocenters. The van der Waals surface area contributed by atoms with Crippen LogP contribution >= 0.6 is 0 Å². The Morgan fingerprint density at radius 2 is 1.45 bits per heavy atom. The summed E-state index contributed by atoms with van der Waals surface area (Å²) in [5.74, 6) is 0. The average Bonchev–Trinajstić information content (AvgIpc) is 2.50. The molecule has 0 aliphatic carbocycles. The predicted molar refractivity (Wildman–Crippen MR) is 88.5 cm³/mol. The molecule has 124 valence electrons. The molecule has 7 heteroatoms. The minimum absolute atomic E-state index is 0.190. The summed E-state index contributed by atoms with van der Waals surface area (Å²) in [6.07, 6.45) is 0. The Bertz CT molecular complexity index is 577. The Kier molecular flexibility index (Phi) is 6.83. The van der Waals surface area contributed by atoms with Crippen LogP contribution in [-0.4, -0.2) is 49.8 Å². The van der Waals surface area contributed by atoms with E-state index in [0.29, 0.717) is 31.9 Å². The third-order valence-electron chi connectivity index (χ3n) is 3.50. The molecule has 0 radical (unpaired) electrons. The normalized spacial score (nSPS) is 11.5. The van der Waals surface area contributed by atoms with E-state index in [1.165, 1.54) is 16.4 Å². The fourth-order valence-electron chi connectivity index (χ4n) is 2.14. The third-order valence-corrected chi connectivity index (χ3v) is 5.56. The quantitative estimate of drug-likeness (QED) is 0.837. The summed E-state index contributed by atoms with van der Waals surface area (Å²) in [7, 11) is -3.46. The van der Waals surface area contributed by atoms with E-state index in [0.717, 1.165) is 0 Å². The molecule has 2 amide bonds. The molecule has 0 unspecified atom stereocenters. The van der Waals surface area contributed by atoms with Crippen molar-refractivity contribution >= 4 is 21.7 Å². The maximum Gasteiger partial charge on any atom is 0.321 e. The Balaban J connectivity index is 2.89. The second-order valence-corrected chi connectivity index (χ2v) is 6.65. The van der Waals surface area contributed by atoms with Crippen LogP contribution in [0.25, 0.3) is 0 Å². The SMILES string of the molecule is CCN(CC)C(=O)Nc1ccc(S(=O)(=O)N(CC)CC)cc1. The molecule has 1 aromatic rings. The predicted octanol–water partition coefficient (Wildman–Crippen LogP) is 2.59. The lowest BCUT2D eigenvalue weighted by Gasteiger charge is -2.20. The highest BCUT2D eigenvalue weighted by atomic mass is 32.2. The molecule has 0 bridgehead atoms. The molecular formula is C15H25N3O3S. The van der Waals surface area contributed by atoms with Crippen LogP contribution in [-0.2, 0) is 10.0 Å². The number of hydrogen-bond donors (Lipinski definition) is 1. The van der Waals surface area contributed by atoms with Gasteiger partial charge in [0.2, 0.25) is 10.0 Å². The van der Waals surface area contributed by atoms with Crippen LogP contribution < -0.4 is 5.32 Å². The summed E-state index contributed by atoms with van der Waals surface area (Å²) in [5.41, 5.74) is 0.579. The molecule has 1 N–H and O–H groups in total. The van der Waals surface area contributed by atoms with Crippen molar-refractivity contribution in [3.63, 3.8) is 0 Å². The standard InChI is InChI=1S/C15H25N3O3S/c1-5-17(6-2)15(19)16-13-9-11-14(12-10-13)22(20,21)18(7-3)8-4/h9-12H,5-8H2,1-4H3,(H,16,19).